The van der Waals surface area contributed by atoms with Crippen LogP contribution in [0.1, 0.15) is 26.7 Å². The number of ether oxygens (including phenoxy) is 2. The third kappa shape index (κ3) is 4.18. The first-order valence-corrected chi connectivity index (χ1v) is 5.52. The third-order valence-electron chi connectivity index (χ3n) is 2.83. The fraction of sp³-hybridized carbons (Fsp3) is 0.818. The van der Waals surface area contributed by atoms with Gasteiger partial charge < -0.3 is 14.8 Å². The Kier molecular flexibility index (Phi) is 4.73. The number of carbonyl (C=O) groups is 2. The summed E-state index contributed by atoms with van der Waals surface area (Å²) < 4.78 is 10.1. The van der Waals surface area contributed by atoms with Gasteiger partial charge in [0.2, 0.25) is 0 Å². The molecule has 1 saturated heterocycles. The van der Waals surface area contributed by atoms with Gasteiger partial charge in [-0.1, -0.05) is 0 Å². The van der Waals surface area contributed by atoms with Crippen LogP contribution in [0.4, 0.5) is 0 Å². The quantitative estimate of drug-likeness (QED) is 0.710. The molecule has 0 radical (unpaired) electrons. The van der Waals surface area contributed by atoms with Gasteiger partial charge in [-0.25, -0.2) is 0 Å². The van der Waals surface area contributed by atoms with Gasteiger partial charge in [0.15, 0.2) is 0 Å². The van der Waals surface area contributed by atoms with E-state index in [1.54, 1.807) is 0 Å². The molecule has 1 heterocycles. The Hall–Kier alpha value is -1.10. The van der Waals surface area contributed by atoms with Crippen molar-refractivity contribution in [2.45, 2.75) is 26.7 Å². The Morgan fingerprint density at radius 1 is 1.06 bits per heavy atom. The third-order valence-corrected chi connectivity index (χ3v) is 2.83. The Morgan fingerprint density at radius 2 is 1.50 bits per heavy atom. The van der Waals surface area contributed by atoms with Crippen LogP contribution < -0.4 is 5.32 Å². The van der Waals surface area contributed by atoms with Gasteiger partial charge in [0.1, 0.15) is 13.2 Å². The van der Waals surface area contributed by atoms with Crippen LogP contribution in [0, 0.1) is 5.41 Å². The Bertz CT molecular complexity index is 239. The molecular formula is C11H19NO4. The number of nitrogens with one attached hydrogen (secondary N) is 1. The van der Waals surface area contributed by atoms with Crippen LogP contribution in [-0.4, -0.2) is 38.2 Å². The molecule has 1 aliphatic rings. The molecule has 0 unspecified atom stereocenters. The summed E-state index contributed by atoms with van der Waals surface area (Å²) in [6, 6.07) is 0. The molecule has 0 bridgehead atoms. The van der Waals surface area contributed by atoms with Crippen molar-refractivity contribution in [1.82, 2.24) is 5.32 Å². The second-order valence-electron chi connectivity index (χ2n) is 4.31. The van der Waals surface area contributed by atoms with Crippen LogP contribution in [0.25, 0.3) is 0 Å². The maximum atomic E-state index is 10.8. The van der Waals surface area contributed by atoms with Crippen LogP contribution in [0.15, 0.2) is 0 Å². The van der Waals surface area contributed by atoms with E-state index in [0.29, 0.717) is 13.2 Å². The molecule has 1 N–H and O–H groups in total. The Balaban J connectivity index is 2.52. The van der Waals surface area contributed by atoms with E-state index in [1.165, 1.54) is 13.8 Å². The molecule has 5 nitrogen and oxygen atoms in total. The lowest BCUT2D eigenvalue weighted by molar-refractivity contribution is -0.152. The molecule has 1 aliphatic heterocycles. The average molecular weight is 229 g/mol. The summed E-state index contributed by atoms with van der Waals surface area (Å²) in [4.78, 5) is 21.6. The predicted octanol–water partition coefficient (Wildman–Crippen LogP) is 0.482. The predicted molar refractivity (Wildman–Crippen MR) is 57.8 cm³/mol. The van der Waals surface area contributed by atoms with E-state index in [1.807, 2.05) is 0 Å². The van der Waals surface area contributed by atoms with E-state index in [0.717, 1.165) is 25.9 Å². The summed E-state index contributed by atoms with van der Waals surface area (Å²) in [5.41, 5.74) is -0.206. The van der Waals surface area contributed by atoms with E-state index < -0.39 is 0 Å². The molecule has 0 spiro atoms. The highest BCUT2D eigenvalue weighted by Gasteiger charge is 2.34. The van der Waals surface area contributed by atoms with Gasteiger partial charge >= 0.3 is 11.9 Å². The summed E-state index contributed by atoms with van der Waals surface area (Å²) in [5, 5.41) is 3.23. The van der Waals surface area contributed by atoms with Crippen molar-refractivity contribution < 1.29 is 19.1 Å². The molecule has 1 fully saturated rings. The summed E-state index contributed by atoms with van der Waals surface area (Å²) in [5.74, 6) is -0.582. The van der Waals surface area contributed by atoms with Crippen molar-refractivity contribution in [2.75, 3.05) is 26.3 Å². The Labute approximate surface area is 95.5 Å². The van der Waals surface area contributed by atoms with Crippen molar-refractivity contribution in [2.24, 2.45) is 5.41 Å². The van der Waals surface area contributed by atoms with Gasteiger partial charge in [0.05, 0.1) is 0 Å². The minimum atomic E-state index is -0.291. The monoisotopic (exact) mass is 229 g/mol. The number of esters is 2. The summed E-state index contributed by atoms with van der Waals surface area (Å²) in [6.07, 6.45) is 1.71. The van der Waals surface area contributed by atoms with Crippen molar-refractivity contribution in [3.8, 4) is 0 Å². The number of rotatable bonds is 4. The molecule has 0 aromatic heterocycles. The van der Waals surface area contributed by atoms with E-state index >= 15 is 0 Å². The van der Waals surface area contributed by atoms with E-state index in [-0.39, 0.29) is 17.4 Å². The molecule has 0 aromatic carbocycles. The summed E-state index contributed by atoms with van der Waals surface area (Å²) >= 11 is 0. The Morgan fingerprint density at radius 3 is 1.88 bits per heavy atom. The van der Waals surface area contributed by atoms with Gasteiger partial charge in [-0.05, 0) is 25.9 Å². The topological polar surface area (TPSA) is 64.6 Å². The first-order valence-electron chi connectivity index (χ1n) is 5.52. The van der Waals surface area contributed by atoms with Crippen LogP contribution in [0.3, 0.4) is 0 Å². The fourth-order valence-corrected chi connectivity index (χ4v) is 1.80. The number of hydrogen-bond acceptors (Lipinski definition) is 5. The van der Waals surface area contributed by atoms with Crippen LogP contribution in [0.2, 0.25) is 0 Å². The first kappa shape index (κ1) is 13.0. The smallest absolute Gasteiger partial charge is 0.302 e. The fourth-order valence-electron chi connectivity index (χ4n) is 1.80. The van der Waals surface area contributed by atoms with Crippen LogP contribution in [0.5, 0.6) is 0 Å². The average Bonchev–Trinajstić information content (AvgIpc) is 2.25. The molecule has 0 saturated carbocycles. The minimum absolute atomic E-state index is 0.206. The second kappa shape index (κ2) is 5.84. The zero-order chi connectivity index (χ0) is 12.0. The van der Waals surface area contributed by atoms with Gasteiger partial charge in [0, 0.05) is 19.3 Å². The van der Waals surface area contributed by atoms with Gasteiger partial charge in [0.25, 0.3) is 0 Å². The standard InChI is InChI=1S/C11H19NO4/c1-9(13)15-7-11(8-16-10(2)14)3-5-12-6-4-11/h12H,3-8H2,1-2H3. The second-order valence-corrected chi connectivity index (χ2v) is 4.31. The van der Waals surface area contributed by atoms with Gasteiger partial charge in [-0.3, -0.25) is 9.59 Å². The highest BCUT2D eigenvalue weighted by Crippen LogP contribution is 2.29. The van der Waals surface area contributed by atoms with E-state index in [4.69, 9.17) is 9.47 Å². The largest absolute Gasteiger partial charge is 0.465 e. The molecule has 0 aliphatic carbocycles. The molecule has 0 aromatic rings. The molecule has 16 heavy (non-hydrogen) atoms. The normalized spacial score (nSPS) is 18.9. The SMILES string of the molecule is CC(=O)OCC1(COC(C)=O)CCNCC1. The van der Waals surface area contributed by atoms with Crippen molar-refractivity contribution in [1.29, 1.82) is 0 Å². The van der Waals surface area contributed by atoms with Crippen molar-refractivity contribution in [3.05, 3.63) is 0 Å². The molecule has 92 valence electrons. The van der Waals surface area contributed by atoms with Gasteiger partial charge in [-0.2, -0.15) is 0 Å². The van der Waals surface area contributed by atoms with E-state index in [2.05, 4.69) is 5.32 Å². The first-order chi connectivity index (χ1) is 7.54. The lowest BCUT2D eigenvalue weighted by atomic mass is 9.80. The highest BCUT2D eigenvalue weighted by atomic mass is 16.5. The molecule has 5 heteroatoms. The number of piperidine rings is 1. The summed E-state index contributed by atoms with van der Waals surface area (Å²) in [6.45, 7) is 5.17. The number of hydrogen-bond donors (Lipinski definition) is 1. The zero-order valence-corrected chi connectivity index (χ0v) is 9.88. The van der Waals surface area contributed by atoms with Crippen LogP contribution in [-0.2, 0) is 19.1 Å². The highest BCUT2D eigenvalue weighted by molar-refractivity contribution is 5.66. The summed E-state index contributed by atoms with van der Waals surface area (Å²) in [7, 11) is 0. The zero-order valence-electron chi connectivity index (χ0n) is 9.88. The molecule has 1 rings (SSSR count). The maximum Gasteiger partial charge on any atom is 0.302 e. The van der Waals surface area contributed by atoms with Gasteiger partial charge in [-0.15, -0.1) is 0 Å². The maximum absolute atomic E-state index is 10.8. The molecule has 0 atom stereocenters. The minimum Gasteiger partial charge on any atom is -0.465 e. The van der Waals surface area contributed by atoms with Crippen molar-refractivity contribution >= 4 is 11.9 Å². The lowest BCUT2D eigenvalue weighted by Crippen LogP contribution is -2.43. The van der Waals surface area contributed by atoms with E-state index in [9.17, 15) is 9.59 Å². The van der Waals surface area contributed by atoms with Crippen LogP contribution >= 0.6 is 0 Å². The molecular weight excluding hydrogens is 210 g/mol. The number of carbonyl (C=O) groups excluding carboxylic acids is 2. The lowest BCUT2D eigenvalue weighted by Gasteiger charge is -2.36. The molecule has 0 amide bonds. The van der Waals surface area contributed by atoms with Crippen molar-refractivity contribution in [3.63, 3.8) is 0 Å².